The van der Waals surface area contributed by atoms with E-state index in [1.54, 1.807) is 0 Å². The van der Waals surface area contributed by atoms with Gasteiger partial charge in [-0.05, 0) is 49.9 Å². The minimum absolute atomic E-state index is 0.612. The van der Waals surface area contributed by atoms with E-state index in [2.05, 4.69) is 38.2 Å². The molecule has 0 aliphatic carbocycles. The Hall–Kier alpha value is -0.980. The molecular weight excluding hydrogens is 146 g/mol. The van der Waals surface area contributed by atoms with E-state index < -0.39 is 0 Å². The van der Waals surface area contributed by atoms with Gasteiger partial charge in [0.15, 0.2) is 0 Å². The summed E-state index contributed by atoms with van der Waals surface area (Å²) in [6.45, 7) is 6.58. The van der Waals surface area contributed by atoms with Crippen molar-refractivity contribution in [3.63, 3.8) is 0 Å². The Labute approximate surface area is 73.8 Å². The maximum atomic E-state index is 3.48. The van der Waals surface area contributed by atoms with Crippen LogP contribution in [0.4, 0.5) is 5.69 Å². The Morgan fingerprint density at radius 2 is 2.08 bits per heavy atom. The Morgan fingerprint density at radius 3 is 2.83 bits per heavy atom. The standard InChI is InChI=1S/C11H15N/c1-7-4-8(2)10-6-9(3)12-11(10)5-7/h4-5,9,12H,6H2,1-3H3/t9-/m0/s1. The molecule has 0 fully saturated rings. The van der Waals surface area contributed by atoms with Crippen LogP contribution in [0.25, 0.3) is 0 Å². The first-order valence-corrected chi connectivity index (χ1v) is 4.53. The van der Waals surface area contributed by atoms with Crippen molar-refractivity contribution in [2.45, 2.75) is 33.2 Å². The molecule has 2 rings (SSSR count). The lowest BCUT2D eigenvalue weighted by molar-refractivity contribution is 0.836. The van der Waals surface area contributed by atoms with E-state index in [0.717, 1.165) is 0 Å². The summed E-state index contributed by atoms with van der Waals surface area (Å²) in [5.41, 5.74) is 5.64. The minimum atomic E-state index is 0.612. The Morgan fingerprint density at radius 1 is 1.33 bits per heavy atom. The first kappa shape index (κ1) is 7.66. The van der Waals surface area contributed by atoms with Crippen molar-refractivity contribution in [1.29, 1.82) is 0 Å². The molecule has 0 saturated heterocycles. The average molecular weight is 161 g/mol. The zero-order valence-corrected chi connectivity index (χ0v) is 7.94. The zero-order chi connectivity index (χ0) is 8.72. The molecule has 0 radical (unpaired) electrons. The number of benzene rings is 1. The van der Waals surface area contributed by atoms with Gasteiger partial charge in [0.25, 0.3) is 0 Å². The van der Waals surface area contributed by atoms with Crippen molar-refractivity contribution in [1.82, 2.24) is 0 Å². The lowest BCUT2D eigenvalue weighted by Gasteiger charge is -2.04. The molecule has 1 heteroatoms. The van der Waals surface area contributed by atoms with Crippen molar-refractivity contribution in [2.24, 2.45) is 0 Å². The van der Waals surface area contributed by atoms with E-state index >= 15 is 0 Å². The topological polar surface area (TPSA) is 12.0 Å². The normalized spacial score (nSPS) is 20.4. The molecule has 0 spiro atoms. The van der Waals surface area contributed by atoms with Gasteiger partial charge >= 0.3 is 0 Å². The van der Waals surface area contributed by atoms with Crippen LogP contribution in [0.1, 0.15) is 23.6 Å². The monoisotopic (exact) mass is 161 g/mol. The Bertz CT molecular complexity index is 315. The molecule has 0 aromatic heterocycles. The van der Waals surface area contributed by atoms with Gasteiger partial charge in [0, 0.05) is 11.7 Å². The van der Waals surface area contributed by atoms with Crippen molar-refractivity contribution < 1.29 is 0 Å². The van der Waals surface area contributed by atoms with Gasteiger partial charge in [0.05, 0.1) is 0 Å². The number of hydrogen-bond acceptors (Lipinski definition) is 1. The number of rotatable bonds is 0. The van der Waals surface area contributed by atoms with Crippen LogP contribution >= 0.6 is 0 Å². The molecule has 64 valence electrons. The van der Waals surface area contributed by atoms with Gasteiger partial charge in [0.1, 0.15) is 0 Å². The largest absolute Gasteiger partial charge is 0.382 e. The molecule has 1 aliphatic rings. The summed E-state index contributed by atoms with van der Waals surface area (Å²) in [5, 5.41) is 3.48. The van der Waals surface area contributed by atoms with Gasteiger partial charge < -0.3 is 5.32 Å². The van der Waals surface area contributed by atoms with Gasteiger partial charge in [-0.3, -0.25) is 0 Å². The summed E-state index contributed by atoms with van der Waals surface area (Å²) in [4.78, 5) is 0. The highest BCUT2D eigenvalue weighted by molar-refractivity contribution is 5.61. The summed E-state index contributed by atoms with van der Waals surface area (Å²) >= 11 is 0. The lowest BCUT2D eigenvalue weighted by Crippen LogP contribution is -2.08. The van der Waals surface area contributed by atoms with Gasteiger partial charge in [-0.15, -0.1) is 0 Å². The third-order valence-corrected chi connectivity index (χ3v) is 2.53. The molecule has 1 N–H and O–H groups in total. The average Bonchev–Trinajstić information content (AvgIpc) is 2.29. The van der Waals surface area contributed by atoms with Crippen LogP contribution in [0.15, 0.2) is 12.1 Å². The summed E-state index contributed by atoms with van der Waals surface area (Å²) in [6, 6.07) is 5.12. The van der Waals surface area contributed by atoms with Crippen LogP contribution in [-0.2, 0) is 6.42 Å². The lowest BCUT2D eigenvalue weighted by atomic mass is 10.0. The predicted octanol–water partition coefficient (Wildman–Crippen LogP) is 2.66. The summed E-state index contributed by atoms with van der Waals surface area (Å²) in [6.07, 6.45) is 1.18. The molecule has 0 unspecified atom stereocenters. The predicted molar refractivity (Wildman–Crippen MR) is 52.7 cm³/mol. The van der Waals surface area contributed by atoms with E-state index in [1.165, 1.54) is 28.8 Å². The molecule has 1 heterocycles. The molecule has 0 saturated carbocycles. The second kappa shape index (κ2) is 2.51. The summed E-state index contributed by atoms with van der Waals surface area (Å²) in [5.74, 6) is 0. The van der Waals surface area contributed by atoms with Crippen molar-refractivity contribution in [2.75, 3.05) is 5.32 Å². The molecule has 0 bridgehead atoms. The highest BCUT2D eigenvalue weighted by Gasteiger charge is 2.18. The minimum Gasteiger partial charge on any atom is -0.382 e. The quantitative estimate of drug-likeness (QED) is 0.617. The van der Waals surface area contributed by atoms with E-state index in [0.29, 0.717) is 6.04 Å². The molecule has 1 aromatic carbocycles. The summed E-state index contributed by atoms with van der Waals surface area (Å²) in [7, 11) is 0. The van der Waals surface area contributed by atoms with Crippen molar-refractivity contribution in [3.8, 4) is 0 Å². The third-order valence-electron chi connectivity index (χ3n) is 2.53. The van der Waals surface area contributed by atoms with Gasteiger partial charge in [0.2, 0.25) is 0 Å². The summed E-state index contributed by atoms with van der Waals surface area (Å²) < 4.78 is 0. The van der Waals surface area contributed by atoms with Crippen LogP contribution in [0, 0.1) is 13.8 Å². The maximum Gasteiger partial charge on any atom is 0.0380 e. The van der Waals surface area contributed by atoms with Gasteiger partial charge in [-0.25, -0.2) is 0 Å². The van der Waals surface area contributed by atoms with Crippen LogP contribution in [-0.4, -0.2) is 6.04 Å². The Balaban J connectivity index is 2.52. The van der Waals surface area contributed by atoms with Gasteiger partial charge in [-0.1, -0.05) is 6.07 Å². The fraction of sp³-hybridized carbons (Fsp3) is 0.455. The van der Waals surface area contributed by atoms with E-state index in [4.69, 9.17) is 0 Å². The van der Waals surface area contributed by atoms with Crippen LogP contribution in [0.3, 0.4) is 0 Å². The van der Waals surface area contributed by atoms with Crippen molar-refractivity contribution in [3.05, 3.63) is 28.8 Å². The van der Waals surface area contributed by atoms with E-state index in [1.807, 2.05) is 0 Å². The number of fused-ring (bicyclic) bond motifs is 1. The molecular formula is C11H15N. The first-order chi connectivity index (χ1) is 5.66. The molecule has 0 amide bonds. The van der Waals surface area contributed by atoms with Crippen LogP contribution < -0.4 is 5.32 Å². The molecule has 1 nitrogen and oxygen atoms in total. The van der Waals surface area contributed by atoms with E-state index in [9.17, 15) is 0 Å². The molecule has 12 heavy (non-hydrogen) atoms. The van der Waals surface area contributed by atoms with Crippen LogP contribution in [0.2, 0.25) is 0 Å². The first-order valence-electron chi connectivity index (χ1n) is 4.53. The number of hydrogen-bond donors (Lipinski definition) is 1. The zero-order valence-electron chi connectivity index (χ0n) is 7.94. The number of anilines is 1. The fourth-order valence-corrected chi connectivity index (χ4v) is 2.02. The molecule has 1 aliphatic heterocycles. The Kier molecular flexibility index (Phi) is 1.60. The second-order valence-electron chi connectivity index (χ2n) is 3.86. The second-order valence-corrected chi connectivity index (χ2v) is 3.86. The number of nitrogens with one attached hydrogen (secondary N) is 1. The van der Waals surface area contributed by atoms with E-state index in [-0.39, 0.29) is 0 Å². The van der Waals surface area contributed by atoms with Gasteiger partial charge in [-0.2, -0.15) is 0 Å². The van der Waals surface area contributed by atoms with Crippen LogP contribution in [0.5, 0.6) is 0 Å². The highest BCUT2D eigenvalue weighted by atomic mass is 14.9. The fourth-order valence-electron chi connectivity index (χ4n) is 2.02. The number of aryl methyl sites for hydroxylation is 2. The smallest absolute Gasteiger partial charge is 0.0380 e. The highest BCUT2D eigenvalue weighted by Crippen LogP contribution is 2.29. The molecule has 1 atom stereocenters. The molecule has 1 aromatic rings. The third kappa shape index (κ3) is 1.09. The maximum absolute atomic E-state index is 3.48. The SMILES string of the molecule is Cc1cc(C)c2c(c1)N[C@@H](C)C2. The van der Waals surface area contributed by atoms with Crippen molar-refractivity contribution >= 4 is 5.69 Å².